The molecule has 1 atom stereocenters. The fourth-order valence-electron chi connectivity index (χ4n) is 4.63. The van der Waals surface area contributed by atoms with Gasteiger partial charge in [-0.1, -0.05) is 43.0 Å². The molecule has 1 aliphatic heterocycles. The molecule has 1 fully saturated rings. The molecule has 2 aromatic heterocycles. The average molecular weight is 536 g/mol. The van der Waals surface area contributed by atoms with E-state index in [0.717, 1.165) is 24.5 Å². The molecule has 4 aromatic rings. The van der Waals surface area contributed by atoms with Gasteiger partial charge < -0.3 is 10.6 Å². The molecular formula is C26H26FN7O3S. The molecule has 12 heteroatoms. The molecule has 2 aromatic carbocycles. The maximum atomic E-state index is 14.0. The summed E-state index contributed by atoms with van der Waals surface area (Å²) in [6.07, 6.45) is 4.34. The van der Waals surface area contributed by atoms with Gasteiger partial charge in [-0.05, 0) is 36.6 Å². The summed E-state index contributed by atoms with van der Waals surface area (Å²) in [6, 6.07) is 12.3. The highest BCUT2D eigenvalue weighted by Gasteiger charge is 2.28. The van der Waals surface area contributed by atoms with Gasteiger partial charge in [0, 0.05) is 25.2 Å². The second kappa shape index (κ2) is 10.3. The van der Waals surface area contributed by atoms with Crippen LogP contribution in [-0.4, -0.2) is 52.1 Å². The van der Waals surface area contributed by atoms with E-state index in [-0.39, 0.29) is 24.3 Å². The smallest absolute Gasteiger partial charge is 0.246 e. The van der Waals surface area contributed by atoms with Crippen LogP contribution in [0, 0.1) is 5.82 Å². The van der Waals surface area contributed by atoms with Crippen molar-refractivity contribution in [3.05, 3.63) is 78.9 Å². The lowest BCUT2D eigenvalue weighted by Gasteiger charge is -2.32. The second-order valence-electron chi connectivity index (χ2n) is 8.99. The van der Waals surface area contributed by atoms with Crippen molar-refractivity contribution in [2.75, 3.05) is 18.8 Å². The van der Waals surface area contributed by atoms with E-state index in [4.69, 9.17) is 10.8 Å². The number of likely N-dealkylation sites (tertiary alicyclic amines) is 1. The number of nitrogens with zero attached hydrogens (tertiary/aromatic N) is 5. The number of nitrogens with two attached hydrogens (primary N) is 1. The number of sulfonamides is 1. The van der Waals surface area contributed by atoms with Crippen molar-refractivity contribution in [2.24, 2.45) is 0 Å². The number of anilines is 1. The Labute approximate surface area is 219 Å². The first-order chi connectivity index (χ1) is 18.3. The minimum absolute atomic E-state index is 0.0212. The van der Waals surface area contributed by atoms with Crippen molar-refractivity contribution in [1.29, 1.82) is 0 Å². The number of fused-ring (bicyclic) bond motifs is 1. The average Bonchev–Trinajstić information content (AvgIpc) is 3.33. The molecule has 0 radical (unpaired) electrons. The topological polar surface area (TPSA) is 136 Å². The quantitative estimate of drug-likeness (QED) is 0.347. The molecule has 1 amide bonds. The number of carbonyl (C=O) groups is 1. The highest BCUT2D eigenvalue weighted by molar-refractivity contribution is 7.89. The number of hydrogen-bond acceptors (Lipinski definition) is 7. The maximum absolute atomic E-state index is 14.0. The number of nitrogen functional groups attached to an aromatic ring is 1. The number of nitrogens with one attached hydrogen (secondary N) is 1. The second-order valence-corrected chi connectivity index (χ2v) is 10.7. The van der Waals surface area contributed by atoms with Crippen molar-refractivity contribution < 1.29 is 17.6 Å². The first-order valence-corrected chi connectivity index (χ1v) is 13.5. The van der Waals surface area contributed by atoms with Gasteiger partial charge in [-0.3, -0.25) is 4.79 Å². The van der Waals surface area contributed by atoms with Crippen LogP contribution >= 0.6 is 0 Å². The van der Waals surface area contributed by atoms with Gasteiger partial charge in [-0.2, -0.15) is 5.10 Å². The van der Waals surface area contributed by atoms with Crippen LogP contribution in [0.4, 0.5) is 10.2 Å². The number of benzene rings is 2. The Hall–Kier alpha value is -4.16. The lowest BCUT2D eigenvalue weighted by molar-refractivity contribution is -0.127. The van der Waals surface area contributed by atoms with Gasteiger partial charge in [0.15, 0.2) is 5.65 Å². The van der Waals surface area contributed by atoms with Crippen molar-refractivity contribution in [2.45, 2.75) is 30.3 Å². The van der Waals surface area contributed by atoms with Gasteiger partial charge in [0.2, 0.25) is 15.9 Å². The van der Waals surface area contributed by atoms with E-state index in [1.165, 1.54) is 30.6 Å². The monoisotopic (exact) mass is 535 g/mol. The molecule has 5 rings (SSSR count). The van der Waals surface area contributed by atoms with Crippen LogP contribution in [0.5, 0.6) is 0 Å². The normalized spacial score (nSPS) is 16.0. The summed E-state index contributed by atoms with van der Waals surface area (Å²) in [4.78, 5) is 22.1. The summed E-state index contributed by atoms with van der Waals surface area (Å²) in [5.74, 6) is -0.651. The molecule has 0 aliphatic carbocycles. The summed E-state index contributed by atoms with van der Waals surface area (Å²) in [7, 11) is -4.02. The number of halogens is 1. The number of rotatable bonds is 7. The highest BCUT2D eigenvalue weighted by Crippen LogP contribution is 2.34. The van der Waals surface area contributed by atoms with Gasteiger partial charge in [-0.15, -0.1) is 0 Å². The van der Waals surface area contributed by atoms with Crippen LogP contribution in [-0.2, 0) is 21.4 Å². The van der Waals surface area contributed by atoms with Crippen LogP contribution in [0.25, 0.3) is 22.3 Å². The van der Waals surface area contributed by atoms with Crippen LogP contribution in [0.15, 0.2) is 72.4 Å². The molecule has 1 aliphatic rings. The zero-order valence-electron chi connectivity index (χ0n) is 20.4. The number of amides is 1. The molecule has 38 heavy (non-hydrogen) atoms. The molecule has 0 unspecified atom stereocenters. The molecular weight excluding hydrogens is 509 g/mol. The van der Waals surface area contributed by atoms with E-state index in [1.807, 2.05) is 4.68 Å². The third-order valence-corrected chi connectivity index (χ3v) is 8.00. The van der Waals surface area contributed by atoms with E-state index in [1.54, 1.807) is 29.2 Å². The molecule has 0 saturated carbocycles. The Morgan fingerprint density at radius 2 is 1.95 bits per heavy atom. The first-order valence-electron chi connectivity index (χ1n) is 12.0. The molecule has 0 spiro atoms. The Balaban J connectivity index is 1.42. The minimum atomic E-state index is -4.02. The number of piperidine rings is 1. The summed E-state index contributed by atoms with van der Waals surface area (Å²) in [6.45, 7) is 4.70. The SMILES string of the molecule is C=CC(=O)N1CCC[C@@H](n2nc(-c3ccc(CNS(=O)(=O)c4ccccc4F)cc3)c3c(N)ncnc32)C1. The molecule has 3 N–H and O–H groups in total. The number of carbonyl (C=O) groups excluding carboxylic acids is 1. The van der Waals surface area contributed by atoms with E-state index >= 15 is 0 Å². The lowest BCUT2D eigenvalue weighted by Crippen LogP contribution is -2.40. The Kier molecular flexibility index (Phi) is 6.91. The van der Waals surface area contributed by atoms with E-state index in [2.05, 4.69) is 21.3 Å². The van der Waals surface area contributed by atoms with Gasteiger partial charge >= 0.3 is 0 Å². The molecule has 3 heterocycles. The molecule has 0 bridgehead atoms. The lowest BCUT2D eigenvalue weighted by atomic mass is 10.1. The summed E-state index contributed by atoms with van der Waals surface area (Å²) in [5, 5.41) is 5.45. The summed E-state index contributed by atoms with van der Waals surface area (Å²) < 4.78 is 43.2. The van der Waals surface area contributed by atoms with Crippen molar-refractivity contribution >= 4 is 32.8 Å². The van der Waals surface area contributed by atoms with Gasteiger partial charge in [0.1, 0.15) is 28.6 Å². The standard InChI is InChI=1S/C26H26FN7O3S/c1-2-22(35)33-13-5-6-19(15-33)34-26-23(25(28)29-16-30-26)24(32-34)18-11-9-17(10-12-18)14-31-38(36,37)21-8-4-3-7-20(21)27/h2-4,7-12,16,19,31H,1,5-6,13-15H2,(H2,28,29,30)/t19-/m1/s1. The fraction of sp³-hybridized carbons (Fsp3) is 0.231. The Bertz CT molecular complexity index is 1620. The molecule has 10 nitrogen and oxygen atoms in total. The fourth-order valence-corrected chi connectivity index (χ4v) is 5.73. The zero-order valence-corrected chi connectivity index (χ0v) is 21.2. The maximum Gasteiger partial charge on any atom is 0.246 e. The third-order valence-electron chi connectivity index (χ3n) is 6.57. The van der Waals surface area contributed by atoms with E-state index in [9.17, 15) is 17.6 Å². The van der Waals surface area contributed by atoms with Crippen molar-refractivity contribution in [1.82, 2.24) is 29.4 Å². The predicted octanol–water partition coefficient (Wildman–Crippen LogP) is 3.04. The predicted molar refractivity (Wildman–Crippen MR) is 141 cm³/mol. The Morgan fingerprint density at radius 1 is 1.18 bits per heavy atom. The van der Waals surface area contributed by atoms with Crippen molar-refractivity contribution in [3.63, 3.8) is 0 Å². The van der Waals surface area contributed by atoms with Crippen molar-refractivity contribution in [3.8, 4) is 11.3 Å². The third kappa shape index (κ3) is 4.87. The zero-order chi connectivity index (χ0) is 26.9. The van der Waals surface area contributed by atoms with E-state index in [0.29, 0.717) is 35.4 Å². The first kappa shape index (κ1) is 25.5. The van der Waals surface area contributed by atoms with Gasteiger partial charge in [0.05, 0.1) is 11.4 Å². The van der Waals surface area contributed by atoms with Crippen LogP contribution in [0.1, 0.15) is 24.4 Å². The van der Waals surface area contributed by atoms with Crippen LogP contribution < -0.4 is 10.5 Å². The summed E-state index contributed by atoms with van der Waals surface area (Å²) in [5.41, 5.74) is 8.82. The van der Waals surface area contributed by atoms with Gasteiger partial charge in [0.25, 0.3) is 0 Å². The summed E-state index contributed by atoms with van der Waals surface area (Å²) >= 11 is 0. The van der Waals surface area contributed by atoms with E-state index < -0.39 is 20.7 Å². The van der Waals surface area contributed by atoms with Crippen LogP contribution in [0.2, 0.25) is 0 Å². The van der Waals surface area contributed by atoms with Gasteiger partial charge in [-0.25, -0.2) is 32.2 Å². The largest absolute Gasteiger partial charge is 0.383 e. The number of aromatic nitrogens is 4. The minimum Gasteiger partial charge on any atom is -0.383 e. The number of hydrogen-bond donors (Lipinski definition) is 2. The molecule has 1 saturated heterocycles. The van der Waals surface area contributed by atoms with Crippen LogP contribution in [0.3, 0.4) is 0 Å². The Morgan fingerprint density at radius 3 is 2.68 bits per heavy atom. The molecule has 196 valence electrons. The highest BCUT2D eigenvalue weighted by atomic mass is 32.2.